The fraction of sp³-hybridized carbons (Fsp3) is 0.278. The molecule has 1 aliphatic heterocycles. The molecule has 0 saturated carbocycles. The van der Waals surface area contributed by atoms with E-state index in [9.17, 15) is 4.79 Å². The number of benzene rings is 2. The Kier molecular flexibility index (Phi) is 3.31. The van der Waals surface area contributed by atoms with E-state index in [1.165, 1.54) is 5.56 Å². The Labute approximate surface area is 119 Å². The molecule has 0 aliphatic carbocycles. The van der Waals surface area contributed by atoms with E-state index in [2.05, 4.69) is 43.4 Å². The molecule has 20 heavy (non-hydrogen) atoms. The Balaban J connectivity index is 2.08. The van der Waals surface area contributed by atoms with Crippen molar-refractivity contribution in [3.63, 3.8) is 0 Å². The van der Waals surface area contributed by atoms with Crippen LogP contribution in [0.2, 0.25) is 0 Å². The first kappa shape index (κ1) is 12.9. The lowest BCUT2D eigenvalue weighted by atomic mass is 9.82. The number of hydrogen-bond acceptors (Lipinski definition) is 1. The van der Waals surface area contributed by atoms with Crippen LogP contribution in [-0.4, -0.2) is 12.5 Å². The van der Waals surface area contributed by atoms with E-state index < -0.39 is 0 Å². The molecule has 1 unspecified atom stereocenters. The summed E-state index contributed by atoms with van der Waals surface area (Å²) >= 11 is 0. The second-order valence-corrected chi connectivity index (χ2v) is 5.73. The molecule has 2 heteroatoms. The molecule has 0 bridgehead atoms. The lowest BCUT2D eigenvalue weighted by Crippen LogP contribution is -2.36. The van der Waals surface area contributed by atoms with E-state index in [1.54, 1.807) is 0 Å². The predicted octanol–water partition coefficient (Wildman–Crippen LogP) is 3.84. The van der Waals surface area contributed by atoms with Crippen LogP contribution in [0.4, 0.5) is 0 Å². The van der Waals surface area contributed by atoms with Gasteiger partial charge in [0.05, 0.1) is 0 Å². The van der Waals surface area contributed by atoms with E-state index in [1.807, 2.05) is 24.3 Å². The monoisotopic (exact) mass is 265 g/mol. The average Bonchev–Trinajstić information content (AvgIpc) is 2.48. The topological polar surface area (TPSA) is 29.1 Å². The summed E-state index contributed by atoms with van der Waals surface area (Å²) < 4.78 is 0. The van der Waals surface area contributed by atoms with Crippen molar-refractivity contribution in [3.05, 3.63) is 59.7 Å². The number of fused-ring (bicyclic) bond motifs is 1. The van der Waals surface area contributed by atoms with Crippen molar-refractivity contribution < 1.29 is 4.79 Å². The van der Waals surface area contributed by atoms with Gasteiger partial charge in [0.15, 0.2) is 0 Å². The first-order valence-corrected chi connectivity index (χ1v) is 7.14. The maximum Gasteiger partial charge on any atom is 0.251 e. The van der Waals surface area contributed by atoms with Gasteiger partial charge in [0.1, 0.15) is 0 Å². The minimum Gasteiger partial charge on any atom is -0.351 e. The molecular formula is C18H19NO. The van der Waals surface area contributed by atoms with Crippen LogP contribution in [0.3, 0.4) is 0 Å². The predicted molar refractivity (Wildman–Crippen MR) is 81.8 cm³/mol. The van der Waals surface area contributed by atoms with E-state index in [-0.39, 0.29) is 5.91 Å². The zero-order chi connectivity index (χ0) is 14.1. The van der Waals surface area contributed by atoms with Gasteiger partial charge in [-0.15, -0.1) is 0 Å². The van der Waals surface area contributed by atoms with Gasteiger partial charge in [-0.05, 0) is 28.7 Å². The number of rotatable bonds is 2. The number of carbonyl (C=O) groups excluding carboxylic acids is 1. The molecule has 0 saturated heterocycles. The normalized spacial score (nSPS) is 17.8. The minimum atomic E-state index is 0.0506. The van der Waals surface area contributed by atoms with Crippen molar-refractivity contribution in [2.45, 2.75) is 19.8 Å². The van der Waals surface area contributed by atoms with E-state index in [0.717, 1.165) is 23.2 Å². The van der Waals surface area contributed by atoms with Crippen LogP contribution >= 0.6 is 0 Å². The zero-order valence-electron chi connectivity index (χ0n) is 11.9. The molecule has 2 aromatic carbocycles. The Morgan fingerprint density at radius 1 is 1.05 bits per heavy atom. The summed E-state index contributed by atoms with van der Waals surface area (Å²) in [6, 6.07) is 16.5. The van der Waals surface area contributed by atoms with Gasteiger partial charge in [0.25, 0.3) is 5.91 Å². The van der Waals surface area contributed by atoms with Crippen LogP contribution in [0.5, 0.6) is 0 Å². The van der Waals surface area contributed by atoms with E-state index >= 15 is 0 Å². The van der Waals surface area contributed by atoms with Crippen LogP contribution in [0.15, 0.2) is 48.5 Å². The zero-order valence-corrected chi connectivity index (χ0v) is 11.9. The highest BCUT2D eigenvalue weighted by Crippen LogP contribution is 2.32. The molecule has 1 atom stereocenters. The second-order valence-electron chi connectivity index (χ2n) is 5.73. The molecule has 0 radical (unpaired) electrons. The summed E-state index contributed by atoms with van der Waals surface area (Å²) in [4.78, 5) is 12.1. The maximum absolute atomic E-state index is 12.1. The molecule has 0 aromatic heterocycles. The first-order valence-electron chi connectivity index (χ1n) is 7.14. The van der Waals surface area contributed by atoms with Crippen LogP contribution in [0, 0.1) is 5.92 Å². The number of nitrogens with one attached hydrogen (secondary N) is 1. The quantitative estimate of drug-likeness (QED) is 0.878. The molecule has 0 fully saturated rings. The lowest BCUT2D eigenvalue weighted by molar-refractivity contribution is 0.0936. The largest absolute Gasteiger partial charge is 0.351 e. The summed E-state index contributed by atoms with van der Waals surface area (Å²) in [6.07, 6.45) is 0. The summed E-state index contributed by atoms with van der Waals surface area (Å²) in [7, 11) is 0. The first-order chi connectivity index (χ1) is 9.66. The van der Waals surface area contributed by atoms with Crippen molar-refractivity contribution in [2.75, 3.05) is 6.54 Å². The highest BCUT2D eigenvalue weighted by atomic mass is 16.1. The summed E-state index contributed by atoms with van der Waals surface area (Å²) in [5.41, 5.74) is 4.26. The van der Waals surface area contributed by atoms with Gasteiger partial charge < -0.3 is 5.32 Å². The minimum absolute atomic E-state index is 0.0506. The fourth-order valence-electron chi connectivity index (χ4n) is 2.89. The third-order valence-electron chi connectivity index (χ3n) is 4.09. The molecule has 3 rings (SSSR count). The van der Waals surface area contributed by atoms with E-state index in [4.69, 9.17) is 0 Å². The molecule has 2 nitrogen and oxygen atoms in total. The van der Waals surface area contributed by atoms with Gasteiger partial charge in [-0.3, -0.25) is 4.79 Å². The molecule has 1 heterocycles. The fourth-order valence-corrected chi connectivity index (χ4v) is 2.89. The summed E-state index contributed by atoms with van der Waals surface area (Å²) in [5, 5.41) is 3.01. The van der Waals surface area contributed by atoms with Crippen molar-refractivity contribution in [1.29, 1.82) is 0 Å². The smallest absolute Gasteiger partial charge is 0.251 e. The van der Waals surface area contributed by atoms with Gasteiger partial charge in [0, 0.05) is 18.0 Å². The Morgan fingerprint density at radius 2 is 1.80 bits per heavy atom. The maximum atomic E-state index is 12.1. The Morgan fingerprint density at radius 3 is 2.50 bits per heavy atom. The summed E-state index contributed by atoms with van der Waals surface area (Å²) in [6.45, 7) is 5.16. The standard InChI is InChI=1S/C18H19NO/c1-12(2)17-11-19-18(20)16-10-14(8-9-15(16)17)13-6-4-3-5-7-13/h3-10,12,17H,11H2,1-2H3,(H,19,20). The van der Waals surface area contributed by atoms with Crippen LogP contribution in [-0.2, 0) is 0 Å². The third-order valence-corrected chi connectivity index (χ3v) is 4.09. The molecule has 1 N–H and O–H groups in total. The third kappa shape index (κ3) is 2.22. The van der Waals surface area contributed by atoms with Crippen molar-refractivity contribution >= 4 is 5.91 Å². The van der Waals surface area contributed by atoms with Gasteiger partial charge >= 0.3 is 0 Å². The lowest BCUT2D eigenvalue weighted by Gasteiger charge is -2.29. The van der Waals surface area contributed by atoms with Crippen molar-refractivity contribution in [3.8, 4) is 11.1 Å². The molecule has 1 aliphatic rings. The van der Waals surface area contributed by atoms with Crippen LogP contribution in [0.1, 0.15) is 35.7 Å². The summed E-state index contributed by atoms with van der Waals surface area (Å²) in [5.74, 6) is 0.985. The van der Waals surface area contributed by atoms with Gasteiger partial charge in [0.2, 0.25) is 0 Å². The second kappa shape index (κ2) is 5.12. The molecule has 1 amide bonds. The molecule has 102 valence electrons. The molecule has 0 spiro atoms. The van der Waals surface area contributed by atoms with E-state index in [0.29, 0.717) is 11.8 Å². The molecule has 2 aromatic rings. The van der Waals surface area contributed by atoms with Crippen LogP contribution < -0.4 is 5.32 Å². The Hall–Kier alpha value is -2.09. The van der Waals surface area contributed by atoms with Gasteiger partial charge in [-0.1, -0.05) is 56.3 Å². The average molecular weight is 265 g/mol. The highest BCUT2D eigenvalue weighted by molar-refractivity contribution is 5.98. The SMILES string of the molecule is CC(C)C1CNC(=O)c2cc(-c3ccccc3)ccc21. The van der Waals surface area contributed by atoms with Gasteiger partial charge in [-0.2, -0.15) is 0 Å². The van der Waals surface area contributed by atoms with Gasteiger partial charge in [-0.25, -0.2) is 0 Å². The number of hydrogen-bond donors (Lipinski definition) is 1. The van der Waals surface area contributed by atoms with Crippen molar-refractivity contribution in [1.82, 2.24) is 5.32 Å². The van der Waals surface area contributed by atoms with Crippen molar-refractivity contribution in [2.24, 2.45) is 5.92 Å². The van der Waals surface area contributed by atoms with Crippen LogP contribution in [0.25, 0.3) is 11.1 Å². The Bertz CT molecular complexity index is 631. The highest BCUT2D eigenvalue weighted by Gasteiger charge is 2.27. The number of amides is 1. The molecular weight excluding hydrogens is 246 g/mol. The number of carbonyl (C=O) groups is 1.